The van der Waals surface area contributed by atoms with Gasteiger partial charge in [-0.15, -0.1) is 12.4 Å². The minimum atomic E-state index is -3.28. The number of anilines is 4. The van der Waals surface area contributed by atoms with E-state index in [0.717, 1.165) is 11.3 Å². The maximum absolute atomic E-state index is 13.3. The number of rotatable bonds is 8. The topological polar surface area (TPSA) is 112 Å². The maximum Gasteiger partial charge on any atom is 0.209 e. The second-order valence-electron chi connectivity index (χ2n) is 8.05. The van der Waals surface area contributed by atoms with E-state index in [1.165, 1.54) is 18.4 Å². The SMILES string of the molecule is C[C@H](Nc1cc(N2CCC(NS(C)(=O)=O)C2)cc(Nc2cnccn2)n1)c1ccc(F)cc1.Cl. The van der Waals surface area contributed by atoms with Gasteiger partial charge in [0.2, 0.25) is 10.0 Å². The van der Waals surface area contributed by atoms with Gasteiger partial charge in [-0.05, 0) is 31.0 Å². The molecule has 4 rings (SSSR count). The smallest absolute Gasteiger partial charge is 0.209 e. The molecule has 3 heterocycles. The molecular formula is C22H27ClFN7O2S. The number of hydrogen-bond acceptors (Lipinski definition) is 8. The lowest BCUT2D eigenvalue weighted by molar-refractivity contribution is 0.567. The Balaban J connectivity index is 0.00000324. The lowest BCUT2D eigenvalue weighted by Crippen LogP contribution is -2.36. The van der Waals surface area contributed by atoms with Crippen LogP contribution < -0.4 is 20.3 Å². The fraction of sp³-hybridized carbons (Fsp3) is 0.318. The number of nitrogens with one attached hydrogen (secondary N) is 3. The predicted octanol–water partition coefficient (Wildman–Crippen LogP) is 3.48. The van der Waals surface area contributed by atoms with Crippen molar-refractivity contribution in [3.63, 3.8) is 0 Å². The van der Waals surface area contributed by atoms with Crippen LogP contribution in [0.5, 0.6) is 0 Å². The summed E-state index contributed by atoms with van der Waals surface area (Å²) in [5.41, 5.74) is 1.81. The molecule has 1 fully saturated rings. The van der Waals surface area contributed by atoms with Gasteiger partial charge in [-0.25, -0.2) is 27.5 Å². The summed E-state index contributed by atoms with van der Waals surface area (Å²) < 4.78 is 39.2. The van der Waals surface area contributed by atoms with Crippen molar-refractivity contribution in [2.45, 2.75) is 25.4 Å². The molecule has 182 valence electrons. The van der Waals surface area contributed by atoms with Crippen LogP contribution in [0.3, 0.4) is 0 Å². The summed E-state index contributed by atoms with van der Waals surface area (Å²) in [7, 11) is -3.28. The Labute approximate surface area is 204 Å². The van der Waals surface area contributed by atoms with E-state index in [2.05, 4.69) is 35.2 Å². The van der Waals surface area contributed by atoms with Crippen LogP contribution in [0, 0.1) is 5.82 Å². The zero-order valence-corrected chi connectivity index (χ0v) is 20.4. The third kappa shape index (κ3) is 6.99. The molecule has 0 aliphatic carbocycles. The predicted molar refractivity (Wildman–Crippen MR) is 134 cm³/mol. The maximum atomic E-state index is 13.3. The average molecular weight is 508 g/mol. The fourth-order valence-electron chi connectivity index (χ4n) is 3.78. The molecule has 0 bridgehead atoms. The van der Waals surface area contributed by atoms with Crippen LogP contribution >= 0.6 is 12.4 Å². The largest absolute Gasteiger partial charge is 0.370 e. The fourth-order valence-corrected chi connectivity index (χ4v) is 4.58. The summed E-state index contributed by atoms with van der Waals surface area (Å²) in [5.74, 6) is 1.46. The van der Waals surface area contributed by atoms with Gasteiger partial charge in [0.25, 0.3) is 0 Å². The van der Waals surface area contributed by atoms with E-state index < -0.39 is 10.0 Å². The number of aromatic nitrogens is 3. The van der Waals surface area contributed by atoms with Gasteiger partial charge in [0, 0.05) is 55.4 Å². The first-order chi connectivity index (χ1) is 15.7. The first kappa shape index (κ1) is 25.6. The van der Waals surface area contributed by atoms with Crippen molar-refractivity contribution in [3.05, 3.63) is 66.4 Å². The molecule has 1 aliphatic rings. The molecule has 34 heavy (non-hydrogen) atoms. The number of hydrogen-bond donors (Lipinski definition) is 3. The zero-order valence-electron chi connectivity index (χ0n) is 18.8. The van der Waals surface area contributed by atoms with Crippen LogP contribution in [0.1, 0.15) is 24.9 Å². The van der Waals surface area contributed by atoms with Crippen molar-refractivity contribution in [3.8, 4) is 0 Å². The van der Waals surface area contributed by atoms with Crippen LogP contribution in [0.2, 0.25) is 0 Å². The Morgan fingerprint density at radius 1 is 1.12 bits per heavy atom. The summed E-state index contributed by atoms with van der Waals surface area (Å²) >= 11 is 0. The van der Waals surface area contributed by atoms with E-state index in [0.29, 0.717) is 37.0 Å². The summed E-state index contributed by atoms with van der Waals surface area (Å²) in [5, 5.41) is 6.53. The molecule has 0 saturated carbocycles. The molecule has 1 unspecified atom stereocenters. The van der Waals surface area contributed by atoms with Gasteiger partial charge in [0.15, 0.2) is 0 Å². The number of nitrogens with zero attached hydrogens (tertiary/aromatic N) is 4. The lowest BCUT2D eigenvalue weighted by atomic mass is 10.1. The van der Waals surface area contributed by atoms with E-state index in [-0.39, 0.29) is 30.3 Å². The van der Waals surface area contributed by atoms with Gasteiger partial charge >= 0.3 is 0 Å². The Hall–Kier alpha value is -3.02. The second kappa shape index (κ2) is 10.9. The van der Waals surface area contributed by atoms with Gasteiger partial charge in [-0.2, -0.15) is 0 Å². The van der Waals surface area contributed by atoms with E-state index >= 15 is 0 Å². The summed E-state index contributed by atoms with van der Waals surface area (Å²) in [4.78, 5) is 15.1. The van der Waals surface area contributed by atoms with E-state index in [9.17, 15) is 12.8 Å². The van der Waals surface area contributed by atoms with Crippen molar-refractivity contribution in [2.24, 2.45) is 0 Å². The van der Waals surface area contributed by atoms with Crippen molar-refractivity contribution in [2.75, 3.05) is 34.9 Å². The molecule has 2 atom stereocenters. The van der Waals surface area contributed by atoms with E-state index in [4.69, 9.17) is 0 Å². The van der Waals surface area contributed by atoms with Crippen molar-refractivity contribution < 1.29 is 12.8 Å². The van der Waals surface area contributed by atoms with Crippen LogP contribution in [0.15, 0.2) is 55.0 Å². The summed E-state index contributed by atoms with van der Waals surface area (Å²) in [6.45, 7) is 3.22. The third-order valence-corrected chi connectivity index (χ3v) is 6.06. The third-order valence-electron chi connectivity index (χ3n) is 5.30. The molecule has 0 radical (unpaired) electrons. The summed E-state index contributed by atoms with van der Waals surface area (Å²) in [6, 6.07) is 9.87. The normalized spacial score (nSPS) is 16.6. The van der Waals surface area contributed by atoms with Crippen molar-refractivity contribution in [1.29, 1.82) is 0 Å². The molecule has 3 aromatic rings. The molecular weight excluding hydrogens is 481 g/mol. The second-order valence-corrected chi connectivity index (χ2v) is 9.83. The first-order valence-corrected chi connectivity index (χ1v) is 12.4. The molecule has 9 nitrogen and oxygen atoms in total. The minimum Gasteiger partial charge on any atom is -0.370 e. The molecule has 12 heteroatoms. The lowest BCUT2D eigenvalue weighted by Gasteiger charge is -2.22. The Bertz CT molecular complexity index is 1200. The summed E-state index contributed by atoms with van der Waals surface area (Å²) in [6.07, 6.45) is 6.65. The highest BCUT2D eigenvalue weighted by Crippen LogP contribution is 2.29. The molecule has 3 N–H and O–H groups in total. The van der Waals surface area contributed by atoms with E-state index in [1.807, 2.05) is 19.1 Å². The van der Waals surface area contributed by atoms with Crippen molar-refractivity contribution in [1.82, 2.24) is 19.7 Å². The van der Waals surface area contributed by atoms with E-state index in [1.54, 1.807) is 30.7 Å². The van der Waals surface area contributed by atoms with Gasteiger partial charge in [-0.3, -0.25) is 4.98 Å². The number of sulfonamides is 1. The Morgan fingerprint density at radius 3 is 2.53 bits per heavy atom. The molecule has 0 amide bonds. The van der Waals surface area contributed by atoms with Crippen LogP contribution in [-0.4, -0.2) is 48.8 Å². The average Bonchev–Trinajstić information content (AvgIpc) is 3.21. The first-order valence-electron chi connectivity index (χ1n) is 10.5. The van der Waals surface area contributed by atoms with Crippen LogP contribution in [-0.2, 0) is 10.0 Å². The highest BCUT2D eigenvalue weighted by Gasteiger charge is 2.26. The molecule has 1 aromatic carbocycles. The monoisotopic (exact) mass is 507 g/mol. The number of pyridine rings is 1. The highest BCUT2D eigenvalue weighted by molar-refractivity contribution is 7.88. The Kier molecular flexibility index (Phi) is 8.24. The van der Waals surface area contributed by atoms with Crippen LogP contribution in [0.25, 0.3) is 0 Å². The van der Waals surface area contributed by atoms with Gasteiger partial charge in [-0.1, -0.05) is 12.1 Å². The molecule has 1 saturated heterocycles. The van der Waals surface area contributed by atoms with Gasteiger partial charge < -0.3 is 15.5 Å². The molecule has 0 spiro atoms. The molecule has 1 aliphatic heterocycles. The minimum absolute atomic E-state index is 0. The molecule has 2 aromatic heterocycles. The number of benzene rings is 1. The zero-order chi connectivity index (χ0) is 23.4. The Morgan fingerprint density at radius 2 is 1.85 bits per heavy atom. The van der Waals surface area contributed by atoms with Crippen molar-refractivity contribution >= 4 is 45.6 Å². The quantitative estimate of drug-likeness (QED) is 0.425. The standard InChI is InChI=1S/C22H26FN7O2S.ClH/c1-15(16-3-5-17(23)6-4-16)26-20-11-19(30-10-7-18(14-30)29-33(2,31)32)12-21(27-20)28-22-13-24-8-9-25-22;/h3-6,8-9,11-13,15,18,29H,7,10,14H2,1-2H3,(H2,25,26,27,28);1H/t15-,18?;/m0./s1. The van der Waals surface area contributed by atoms with Gasteiger partial charge in [0.1, 0.15) is 23.3 Å². The van der Waals surface area contributed by atoms with Crippen LogP contribution in [0.4, 0.5) is 27.5 Å². The highest BCUT2D eigenvalue weighted by atomic mass is 35.5. The van der Waals surface area contributed by atoms with Gasteiger partial charge in [0.05, 0.1) is 12.5 Å². The number of halogens is 2.